The summed E-state index contributed by atoms with van der Waals surface area (Å²) in [6.07, 6.45) is 6.73. The molecule has 0 heteroatoms. The maximum atomic E-state index is 2.51. The first-order valence-electron chi connectivity index (χ1n) is 4.50. The van der Waals surface area contributed by atoms with Crippen molar-refractivity contribution in [2.75, 3.05) is 0 Å². The van der Waals surface area contributed by atoms with Crippen LogP contribution in [-0.2, 0) is 0 Å². The molecule has 0 nitrogen and oxygen atoms in total. The molecule has 0 aromatic rings. The fourth-order valence-corrected chi connectivity index (χ4v) is 2.31. The lowest BCUT2D eigenvalue weighted by Gasteiger charge is -2.15. The molecule has 0 radical (unpaired) electrons. The van der Waals surface area contributed by atoms with Gasteiger partial charge in [-0.25, -0.2) is 0 Å². The SMILES string of the molecule is CCC1=CC(C)C2CC2C1. The second-order valence-corrected chi connectivity index (χ2v) is 3.90. The zero-order valence-electron chi connectivity index (χ0n) is 6.93. The summed E-state index contributed by atoms with van der Waals surface area (Å²) in [4.78, 5) is 0. The summed E-state index contributed by atoms with van der Waals surface area (Å²) in [5, 5.41) is 0. The molecular formula is C10H16. The smallest absolute Gasteiger partial charge is 0.0228 e. The van der Waals surface area contributed by atoms with Crippen molar-refractivity contribution >= 4 is 0 Å². The molecule has 2 aliphatic carbocycles. The Morgan fingerprint density at radius 2 is 2.40 bits per heavy atom. The van der Waals surface area contributed by atoms with Gasteiger partial charge in [0.05, 0.1) is 0 Å². The molecular weight excluding hydrogens is 120 g/mol. The quantitative estimate of drug-likeness (QED) is 0.486. The maximum Gasteiger partial charge on any atom is -0.0228 e. The molecule has 0 amide bonds. The fraction of sp³-hybridized carbons (Fsp3) is 0.800. The fourth-order valence-electron chi connectivity index (χ4n) is 2.31. The highest BCUT2D eigenvalue weighted by molar-refractivity contribution is 5.16. The van der Waals surface area contributed by atoms with E-state index in [9.17, 15) is 0 Å². The second-order valence-electron chi connectivity index (χ2n) is 3.90. The molecule has 0 aromatic heterocycles. The maximum absolute atomic E-state index is 2.51. The average Bonchev–Trinajstić information content (AvgIpc) is 2.66. The van der Waals surface area contributed by atoms with Crippen LogP contribution in [0.15, 0.2) is 11.6 Å². The van der Waals surface area contributed by atoms with Gasteiger partial charge in [-0.3, -0.25) is 0 Å². The van der Waals surface area contributed by atoms with Crippen molar-refractivity contribution in [3.63, 3.8) is 0 Å². The molecule has 3 atom stereocenters. The van der Waals surface area contributed by atoms with E-state index in [0.29, 0.717) is 0 Å². The minimum Gasteiger partial charge on any atom is -0.0822 e. The predicted molar refractivity (Wildman–Crippen MR) is 43.8 cm³/mol. The lowest BCUT2D eigenvalue weighted by molar-refractivity contribution is 0.526. The van der Waals surface area contributed by atoms with Gasteiger partial charge in [0.1, 0.15) is 0 Å². The molecule has 10 heavy (non-hydrogen) atoms. The highest BCUT2D eigenvalue weighted by atomic mass is 14.5. The summed E-state index contributed by atoms with van der Waals surface area (Å²) < 4.78 is 0. The Morgan fingerprint density at radius 3 is 3.00 bits per heavy atom. The van der Waals surface area contributed by atoms with Crippen LogP contribution in [-0.4, -0.2) is 0 Å². The number of allylic oxidation sites excluding steroid dienone is 2. The van der Waals surface area contributed by atoms with Crippen LogP contribution >= 0.6 is 0 Å². The van der Waals surface area contributed by atoms with E-state index in [0.717, 1.165) is 17.8 Å². The number of fused-ring (bicyclic) bond motifs is 1. The van der Waals surface area contributed by atoms with Crippen LogP contribution in [0.4, 0.5) is 0 Å². The molecule has 2 rings (SSSR count). The van der Waals surface area contributed by atoms with Crippen molar-refractivity contribution in [2.24, 2.45) is 17.8 Å². The topological polar surface area (TPSA) is 0 Å². The highest BCUT2D eigenvalue weighted by Gasteiger charge is 2.42. The Labute approximate surface area is 63.3 Å². The molecule has 0 saturated heterocycles. The Balaban J connectivity index is 2.10. The van der Waals surface area contributed by atoms with E-state index < -0.39 is 0 Å². The van der Waals surface area contributed by atoms with Gasteiger partial charge in [-0.2, -0.15) is 0 Å². The molecule has 0 aromatic carbocycles. The van der Waals surface area contributed by atoms with Crippen LogP contribution in [0.3, 0.4) is 0 Å². The molecule has 3 unspecified atom stereocenters. The van der Waals surface area contributed by atoms with Gasteiger partial charge in [0.2, 0.25) is 0 Å². The van der Waals surface area contributed by atoms with Gasteiger partial charge in [0.15, 0.2) is 0 Å². The van der Waals surface area contributed by atoms with Crippen molar-refractivity contribution in [2.45, 2.75) is 33.1 Å². The van der Waals surface area contributed by atoms with Gasteiger partial charge >= 0.3 is 0 Å². The van der Waals surface area contributed by atoms with Gasteiger partial charge in [0, 0.05) is 0 Å². The van der Waals surface area contributed by atoms with E-state index in [2.05, 4.69) is 19.9 Å². The largest absolute Gasteiger partial charge is 0.0822 e. The van der Waals surface area contributed by atoms with E-state index >= 15 is 0 Å². The van der Waals surface area contributed by atoms with Crippen molar-refractivity contribution in [3.05, 3.63) is 11.6 Å². The van der Waals surface area contributed by atoms with Crippen LogP contribution < -0.4 is 0 Å². The van der Waals surface area contributed by atoms with E-state index in [1.54, 1.807) is 5.57 Å². The monoisotopic (exact) mass is 136 g/mol. The summed E-state index contributed by atoms with van der Waals surface area (Å²) in [5.74, 6) is 3.07. The van der Waals surface area contributed by atoms with Crippen LogP contribution in [0.5, 0.6) is 0 Å². The molecule has 0 heterocycles. The number of hydrogen-bond donors (Lipinski definition) is 0. The average molecular weight is 136 g/mol. The molecule has 0 spiro atoms. The van der Waals surface area contributed by atoms with Gasteiger partial charge in [-0.05, 0) is 37.0 Å². The lowest BCUT2D eigenvalue weighted by Crippen LogP contribution is -2.03. The van der Waals surface area contributed by atoms with Gasteiger partial charge in [-0.1, -0.05) is 25.5 Å². The summed E-state index contributed by atoms with van der Waals surface area (Å²) in [5.41, 5.74) is 1.71. The Kier molecular flexibility index (Phi) is 1.36. The van der Waals surface area contributed by atoms with E-state index in [1.165, 1.54) is 19.3 Å². The van der Waals surface area contributed by atoms with Crippen molar-refractivity contribution in [1.29, 1.82) is 0 Å². The van der Waals surface area contributed by atoms with Crippen LogP contribution in [0.2, 0.25) is 0 Å². The summed E-state index contributed by atoms with van der Waals surface area (Å²) in [6.45, 7) is 4.65. The van der Waals surface area contributed by atoms with Crippen LogP contribution in [0.25, 0.3) is 0 Å². The second kappa shape index (κ2) is 2.11. The summed E-state index contributed by atoms with van der Waals surface area (Å²) >= 11 is 0. The first-order chi connectivity index (χ1) is 4.81. The Bertz CT molecular complexity index is 167. The van der Waals surface area contributed by atoms with Crippen molar-refractivity contribution in [3.8, 4) is 0 Å². The van der Waals surface area contributed by atoms with Gasteiger partial charge in [0.25, 0.3) is 0 Å². The predicted octanol–water partition coefficient (Wildman–Crippen LogP) is 3.00. The zero-order chi connectivity index (χ0) is 7.14. The Morgan fingerprint density at radius 1 is 1.60 bits per heavy atom. The van der Waals surface area contributed by atoms with E-state index in [1.807, 2.05) is 0 Å². The number of rotatable bonds is 1. The third kappa shape index (κ3) is 0.902. The van der Waals surface area contributed by atoms with Crippen LogP contribution in [0.1, 0.15) is 33.1 Å². The third-order valence-corrected chi connectivity index (χ3v) is 3.13. The first-order valence-corrected chi connectivity index (χ1v) is 4.50. The van der Waals surface area contributed by atoms with E-state index in [4.69, 9.17) is 0 Å². The van der Waals surface area contributed by atoms with E-state index in [-0.39, 0.29) is 0 Å². The standard InChI is InChI=1S/C10H16/c1-3-8-4-7(2)10-6-9(10)5-8/h4,7,9-10H,3,5-6H2,1-2H3. The molecule has 0 N–H and O–H groups in total. The first kappa shape index (κ1) is 6.45. The zero-order valence-corrected chi connectivity index (χ0v) is 6.93. The normalized spacial score (nSPS) is 44.2. The summed E-state index contributed by atoms with van der Waals surface area (Å²) in [6, 6.07) is 0. The highest BCUT2D eigenvalue weighted by Crippen LogP contribution is 2.52. The number of hydrogen-bond acceptors (Lipinski definition) is 0. The molecule has 0 aliphatic heterocycles. The van der Waals surface area contributed by atoms with Crippen molar-refractivity contribution < 1.29 is 0 Å². The lowest BCUT2D eigenvalue weighted by atomic mass is 9.91. The Hall–Kier alpha value is -0.260. The molecule has 1 fully saturated rings. The molecule has 2 aliphatic rings. The van der Waals surface area contributed by atoms with Crippen molar-refractivity contribution in [1.82, 2.24) is 0 Å². The van der Waals surface area contributed by atoms with Gasteiger partial charge < -0.3 is 0 Å². The molecule has 56 valence electrons. The van der Waals surface area contributed by atoms with Gasteiger partial charge in [-0.15, -0.1) is 0 Å². The minimum atomic E-state index is 0.897. The summed E-state index contributed by atoms with van der Waals surface area (Å²) in [7, 11) is 0. The minimum absolute atomic E-state index is 0.897. The molecule has 0 bridgehead atoms. The molecule has 1 saturated carbocycles. The van der Waals surface area contributed by atoms with Crippen LogP contribution in [0, 0.1) is 17.8 Å². The third-order valence-electron chi connectivity index (χ3n) is 3.13.